The normalized spacial score (nSPS) is 20.0. The van der Waals surface area contributed by atoms with E-state index in [1.165, 1.54) is 6.92 Å². The van der Waals surface area contributed by atoms with Gasteiger partial charge < -0.3 is 14.2 Å². The van der Waals surface area contributed by atoms with Gasteiger partial charge in [0.25, 0.3) is 0 Å². The summed E-state index contributed by atoms with van der Waals surface area (Å²) in [5, 5.41) is 0. The Hall–Kier alpha value is -2.58. The molecule has 0 bridgehead atoms. The highest BCUT2D eigenvalue weighted by molar-refractivity contribution is 7.89. The first kappa shape index (κ1) is 22.1. The molecule has 0 spiro atoms. The number of nitrogens with one attached hydrogen (secondary N) is 1. The third-order valence-corrected chi connectivity index (χ3v) is 6.28. The molecule has 0 aliphatic carbocycles. The quantitative estimate of drug-likeness (QED) is 0.674. The van der Waals surface area contributed by atoms with E-state index in [4.69, 9.17) is 14.2 Å². The van der Waals surface area contributed by atoms with Crippen molar-refractivity contribution in [1.82, 2.24) is 4.72 Å². The number of fused-ring (bicyclic) bond motifs is 1. The molecule has 8 heteroatoms. The van der Waals surface area contributed by atoms with Gasteiger partial charge in [-0.2, -0.15) is 0 Å². The largest absolute Gasteiger partial charge is 0.489 e. The second-order valence-corrected chi connectivity index (χ2v) is 9.75. The van der Waals surface area contributed by atoms with Crippen molar-refractivity contribution in [1.29, 1.82) is 0 Å². The molecule has 1 aliphatic heterocycles. The molecule has 2 atom stereocenters. The molecule has 0 saturated heterocycles. The highest BCUT2D eigenvalue weighted by Gasteiger charge is 2.47. The number of carbonyl (C=O) groups is 1. The van der Waals surface area contributed by atoms with Crippen molar-refractivity contribution in [3.8, 4) is 11.5 Å². The van der Waals surface area contributed by atoms with Gasteiger partial charge in [-0.3, -0.25) is 4.79 Å². The average molecular weight is 434 g/mol. The molecule has 3 rings (SSSR count). The lowest BCUT2D eigenvalue weighted by atomic mass is 9.87. The van der Waals surface area contributed by atoms with Crippen LogP contribution in [0.2, 0.25) is 0 Å². The van der Waals surface area contributed by atoms with Crippen LogP contribution < -0.4 is 14.2 Å². The average Bonchev–Trinajstić information content (AvgIpc) is 2.69. The zero-order chi connectivity index (χ0) is 21.9. The molecule has 2 aromatic carbocycles. The zero-order valence-electron chi connectivity index (χ0n) is 17.5. The fraction of sp³-hybridized carbons (Fsp3) is 0.409. The van der Waals surface area contributed by atoms with Gasteiger partial charge in [-0.25, -0.2) is 13.1 Å². The van der Waals surface area contributed by atoms with Crippen LogP contribution in [0, 0.1) is 0 Å². The Labute approximate surface area is 177 Å². The zero-order valence-corrected chi connectivity index (χ0v) is 18.4. The van der Waals surface area contributed by atoms with Gasteiger partial charge in [0.05, 0.1) is 11.8 Å². The van der Waals surface area contributed by atoms with E-state index in [1.807, 2.05) is 30.3 Å². The highest BCUT2D eigenvalue weighted by atomic mass is 32.2. The lowest BCUT2D eigenvalue weighted by Crippen LogP contribution is -2.55. The predicted molar refractivity (Wildman–Crippen MR) is 113 cm³/mol. The second-order valence-electron chi connectivity index (χ2n) is 7.71. The van der Waals surface area contributed by atoms with E-state index in [-0.39, 0.29) is 5.75 Å². The number of esters is 1. The van der Waals surface area contributed by atoms with Gasteiger partial charge in [-0.15, -0.1) is 0 Å². The van der Waals surface area contributed by atoms with Crippen LogP contribution in [0.1, 0.15) is 44.9 Å². The van der Waals surface area contributed by atoms with Crippen molar-refractivity contribution in [3.05, 3.63) is 59.7 Å². The first-order valence-electron chi connectivity index (χ1n) is 9.78. The maximum absolute atomic E-state index is 12.4. The van der Waals surface area contributed by atoms with Crippen LogP contribution >= 0.6 is 0 Å². The molecule has 0 saturated carbocycles. The van der Waals surface area contributed by atoms with Gasteiger partial charge in [0.1, 0.15) is 23.7 Å². The van der Waals surface area contributed by atoms with E-state index < -0.39 is 33.7 Å². The van der Waals surface area contributed by atoms with E-state index in [0.717, 1.165) is 5.56 Å². The van der Waals surface area contributed by atoms with Crippen LogP contribution in [0.3, 0.4) is 0 Å². The number of carbonyl (C=O) groups excluding carboxylic acids is 1. The molecule has 0 amide bonds. The standard InChI is InChI=1S/C22H27NO6S/c1-5-30(25,26)23-20-18-13-17(27-14-16-9-7-6-8-10-16)11-12-19(18)29-22(3,4)21(20)28-15(2)24/h6-13,20-21,23H,5,14H2,1-4H3. The van der Waals surface area contributed by atoms with E-state index in [1.54, 1.807) is 39.0 Å². The van der Waals surface area contributed by atoms with Crippen molar-refractivity contribution in [3.63, 3.8) is 0 Å². The number of ether oxygens (including phenoxy) is 3. The van der Waals surface area contributed by atoms with Crippen molar-refractivity contribution >= 4 is 16.0 Å². The Balaban J connectivity index is 1.97. The van der Waals surface area contributed by atoms with E-state index in [9.17, 15) is 13.2 Å². The van der Waals surface area contributed by atoms with Crippen LogP contribution in [0.4, 0.5) is 0 Å². The molecule has 0 fully saturated rings. The van der Waals surface area contributed by atoms with Gasteiger partial charge in [0.2, 0.25) is 10.0 Å². The molecule has 1 aliphatic rings. The highest BCUT2D eigenvalue weighted by Crippen LogP contribution is 2.43. The van der Waals surface area contributed by atoms with Crippen LogP contribution in [-0.4, -0.2) is 31.8 Å². The fourth-order valence-corrected chi connectivity index (χ4v) is 4.19. The summed E-state index contributed by atoms with van der Waals surface area (Å²) in [6.45, 7) is 6.72. The fourth-order valence-electron chi connectivity index (χ4n) is 3.39. The number of sulfonamides is 1. The van der Waals surface area contributed by atoms with Gasteiger partial charge in [0, 0.05) is 12.5 Å². The molecule has 0 aromatic heterocycles. The minimum absolute atomic E-state index is 0.100. The summed E-state index contributed by atoms with van der Waals surface area (Å²) in [5.41, 5.74) is 0.628. The maximum Gasteiger partial charge on any atom is 0.303 e. The number of hydrogen-bond donors (Lipinski definition) is 1. The summed E-state index contributed by atoms with van der Waals surface area (Å²) in [5.74, 6) is 0.455. The Kier molecular flexibility index (Phi) is 6.38. The van der Waals surface area contributed by atoms with Crippen molar-refractivity contribution in [2.75, 3.05) is 5.75 Å². The number of hydrogen-bond acceptors (Lipinski definition) is 6. The summed E-state index contributed by atoms with van der Waals surface area (Å²) < 4.78 is 44.9. The molecule has 162 valence electrons. The van der Waals surface area contributed by atoms with Crippen molar-refractivity contribution < 1.29 is 27.4 Å². The molecule has 7 nitrogen and oxygen atoms in total. The first-order chi connectivity index (χ1) is 14.1. The molecule has 2 unspecified atom stereocenters. The van der Waals surface area contributed by atoms with Gasteiger partial charge in [0.15, 0.2) is 6.10 Å². The van der Waals surface area contributed by atoms with Gasteiger partial charge >= 0.3 is 5.97 Å². The SMILES string of the molecule is CCS(=O)(=O)NC1c2cc(OCc3ccccc3)ccc2OC(C)(C)C1OC(C)=O. The Morgan fingerprint density at radius 3 is 2.50 bits per heavy atom. The Morgan fingerprint density at radius 1 is 1.17 bits per heavy atom. The molecule has 1 heterocycles. The summed E-state index contributed by atoms with van der Waals surface area (Å²) in [7, 11) is -3.59. The first-order valence-corrected chi connectivity index (χ1v) is 11.4. The number of rotatable bonds is 7. The summed E-state index contributed by atoms with van der Waals surface area (Å²) >= 11 is 0. The Bertz CT molecular complexity index is 1000. The minimum atomic E-state index is -3.59. The molecule has 30 heavy (non-hydrogen) atoms. The second kappa shape index (κ2) is 8.65. The lowest BCUT2D eigenvalue weighted by molar-refractivity contribution is -0.162. The van der Waals surface area contributed by atoms with Gasteiger partial charge in [-0.1, -0.05) is 30.3 Å². The predicted octanol–water partition coefficient (Wildman–Crippen LogP) is 3.35. The van der Waals surface area contributed by atoms with Crippen molar-refractivity contribution in [2.45, 2.75) is 52.0 Å². The van der Waals surface area contributed by atoms with Crippen molar-refractivity contribution in [2.24, 2.45) is 0 Å². The molecule has 2 aromatic rings. The summed E-state index contributed by atoms with van der Waals surface area (Å²) in [4.78, 5) is 11.7. The van der Waals surface area contributed by atoms with Crippen LogP contribution in [-0.2, 0) is 26.2 Å². The number of benzene rings is 2. The summed E-state index contributed by atoms with van der Waals surface area (Å²) in [6, 6.07) is 14.1. The molecule has 1 N–H and O–H groups in total. The summed E-state index contributed by atoms with van der Waals surface area (Å²) in [6.07, 6.45) is -0.854. The molecular formula is C22H27NO6S. The maximum atomic E-state index is 12.4. The molecule has 0 radical (unpaired) electrons. The smallest absolute Gasteiger partial charge is 0.303 e. The van der Waals surface area contributed by atoms with Gasteiger partial charge in [-0.05, 0) is 44.5 Å². The topological polar surface area (TPSA) is 90.9 Å². The monoisotopic (exact) mass is 433 g/mol. The van der Waals surface area contributed by atoms with E-state index in [0.29, 0.717) is 23.7 Å². The van der Waals surface area contributed by atoms with E-state index >= 15 is 0 Å². The Morgan fingerprint density at radius 2 is 1.87 bits per heavy atom. The van der Waals surface area contributed by atoms with E-state index in [2.05, 4.69) is 4.72 Å². The van der Waals surface area contributed by atoms with Crippen LogP contribution in [0.15, 0.2) is 48.5 Å². The molecular weight excluding hydrogens is 406 g/mol. The van der Waals surface area contributed by atoms with Crippen LogP contribution in [0.5, 0.6) is 11.5 Å². The minimum Gasteiger partial charge on any atom is -0.489 e. The lowest BCUT2D eigenvalue weighted by Gasteiger charge is -2.43. The van der Waals surface area contributed by atoms with Crippen LogP contribution in [0.25, 0.3) is 0 Å². The third kappa shape index (κ3) is 5.12. The third-order valence-electron chi connectivity index (χ3n) is 4.91.